The average molecular weight is 271 g/mol. The molecule has 0 bridgehead atoms. The summed E-state index contributed by atoms with van der Waals surface area (Å²) in [5.74, 6) is 2.37. The Bertz CT molecular complexity index is 389. The lowest BCUT2D eigenvalue weighted by Gasteiger charge is -2.37. The molecule has 0 spiro atoms. The fourth-order valence-electron chi connectivity index (χ4n) is 2.12. The Morgan fingerprint density at radius 1 is 1.41 bits per heavy atom. The molecule has 1 aliphatic heterocycles. The van der Waals surface area contributed by atoms with Crippen molar-refractivity contribution < 1.29 is 0 Å². The van der Waals surface area contributed by atoms with Gasteiger partial charge in [0.05, 0.1) is 5.54 Å². The molecule has 0 amide bonds. The van der Waals surface area contributed by atoms with Crippen LogP contribution in [0.1, 0.15) is 18.4 Å². The van der Waals surface area contributed by atoms with Crippen LogP contribution in [-0.4, -0.2) is 23.6 Å². The first-order valence-corrected chi connectivity index (χ1v) is 7.51. The maximum absolute atomic E-state index is 6.14. The quantitative estimate of drug-likeness (QED) is 0.885. The molecule has 0 atom stereocenters. The zero-order valence-electron chi connectivity index (χ0n) is 10.1. The van der Waals surface area contributed by atoms with E-state index < -0.39 is 0 Å². The van der Waals surface area contributed by atoms with Crippen LogP contribution in [0.2, 0.25) is 5.02 Å². The van der Waals surface area contributed by atoms with Gasteiger partial charge in [0, 0.05) is 17.3 Å². The van der Waals surface area contributed by atoms with Crippen molar-refractivity contribution in [1.82, 2.24) is 0 Å². The van der Waals surface area contributed by atoms with Crippen LogP contribution in [0.4, 0.5) is 5.69 Å². The fraction of sp³-hybridized carbons (Fsp3) is 0.538. The van der Waals surface area contributed by atoms with Crippen molar-refractivity contribution >= 4 is 29.1 Å². The Morgan fingerprint density at radius 2 is 2.12 bits per heavy atom. The van der Waals surface area contributed by atoms with Crippen LogP contribution >= 0.6 is 23.4 Å². The van der Waals surface area contributed by atoms with Crippen molar-refractivity contribution in [2.45, 2.75) is 25.3 Å². The fourth-order valence-corrected chi connectivity index (χ4v) is 3.57. The predicted octanol–water partition coefficient (Wildman–Crippen LogP) is 3.28. The van der Waals surface area contributed by atoms with Gasteiger partial charge in [-0.05, 0) is 49.0 Å². The first-order chi connectivity index (χ1) is 8.15. The third-order valence-corrected chi connectivity index (χ3v) is 4.81. The van der Waals surface area contributed by atoms with E-state index in [1.165, 1.54) is 11.5 Å². The van der Waals surface area contributed by atoms with Gasteiger partial charge in [-0.15, -0.1) is 0 Å². The monoisotopic (exact) mass is 270 g/mol. The number of nitrogens with two attached hydrogens (primary N) is 1. The average Bonchev–Trinajstić information content (AvgIpc) is 2.35. The van der Waals surface area contributed by atoms with E-state index in [2.05, 4.69) is 11.4 Å². The van der Waals surface area contributed by atoms with Gasteiger partial charge in [-0.25, -0.2) is 0 Å². The maximum atomic E-state index is 6.14. The van der Waals surface area contributed by atoms with E-state index in [0.29, 0.717) is 6.54 Å². The molecule has 1 fully saturated rings. The molecule has 1 heterocycles. The number of anilines is 1. The summed E-state index contributed by atoms with van der Waals surface area (Å²) in [5, 5.41) is 4.40. The lowest BCUT2D eigenvalue weighted by molar-refractivity contribution is 0.443. The van der Waals surface area contributed by atoms with Crippen molar-refractivity contribution in [1.29, 1.82) is 0 Å². The minimum atomic E-state index is 0.0594. The third kappa shape index (κ3) is 3.09. The molecule has 2 nitrogen and oxygen atoms in total. The summed E-state index contributed by atoms with van der Waals surface area (Å²) < 4.78 is 0. The van der Waals surface area contributed by atoms with Gasteiger partial charge >= 0.3 is 0 Å². The standard InChI is InChI=1S/C13H19ClN2S/c1-10-2-3-11(8-12(10)14)16-13(9-15)4-6-17-7-5-13/h2-3,8,16H,4-7,9,15H2,1H3. The van der Waals surface area contributed by atoms with Gasteiger partial charge in [0.1, 0.15) is 0 Å². The van der Waals surface area contributed by atoms with Crippen molar-refractivity contribution in [3.63, 3.8) is 0 Å². The molecule has 0 saturated carbocycles. The topological polar surface area (TPSA) is 38.0 Å². The number of rotatable bonds is 3. The molecular formula is C13H19ClN2S. The van der Waals surface area contributed by atoms with Gasteiger partial charge in [0.2, 0.25) is 0 Å². The van der Waals surface area contributed by atoms with E-state index in [9.17, 15) is 0 Å². The molecule has 1 aliphatic rings. The summed E-state index contributed by atoms with van der Waals surface area (Å²) in [5.41, 5.74) is 8.20. The highest BCUT2D eigenvalue weighted by Gasteiger charge is 2.30. The summed E-state index contributed by atoms with van der Waals surface area (Å²) in [4.78, 5) is 0. The Labute approximate surface area is 112 Å². The van der Waals surface area contributed by atoms with Crippen molar-refractivity contribution in [2.24, 2.45) is 5.73 Å². The molecule has 17 heavy (non-hydrogen) atoms. The molecular weight excluding hydrogens is 252 g/mol. The first kappa shape index (κ1) is 13.1. The van der Waals surface area contributed by atoms with Crippen LogP contribution in [0.25, 0.3) is 0 Å². The molecule has 94 valence electrons. The zero-order chi connectivity index (χ0) is 12.3. The Hall–Kier alpha value is -0.380. The SMILES string of the molecule is Cc1ccc(NC2(CN)CCSCC2)cc1Cl. The Kier molecular flexibility index (Phi) is 4.23. The molecule has 0 unspecified atom stereocenters. The van der Waals surface area contributed by atoms with Crippen molar-refractivity contribution in [3.05, 3.63) is 28.8 Å². The van der Waals surface area contributed by atoms with Crippen LogP contribution in [0.15, 0.2) is 18.2 Å². The first-order valence-electron chi connectivity index (χ1n) is 5.97. The smallest absolute Gasteiger partial charge is 0.0511 e. The van der Waals surface area contributed by atoms with E-state index in [4.69, 9.17) is 17.3 Å². The van der Waals surface area contributed by atoms with E-state index >= 15 is 0 Å². The van der Waals surface area contributed by atoms with Crippen LogP contribution in [0, 0.1) is 6.92 Å². The number of thioether (sulfide) groups is 1. The van der Waals surface area contributed by atoms with Crippen molar-refractivity contribution in [2.75, 3.05) is 23.4 Å². The summed E-state index contributed by atoms with van der Waals surface area (Å²) in [7, 11) is 0. The number of halogens is 1. The number of nitrogens with one attached hydrogen (secondary N) is 1. The maximum Gasteiger partial charge on any atom is 0.0511 e. The van der Waals surface area contributed by atoms with Gasteiger partial charge in [-0.2, -0.15) is 11.8 Å². The Balaban J connectivity index is 2.14. The lowest BCUT2D eigenvalue weighted by Crippen LogP contribution is -2.48. The third-order valence-electron chi connectivity index (χ3n) is 3.42. The molecule has 0 aliphatic carbocycles. The van der Waals surface area contributed by atoms with Gasteiger partial charge < -0.3 is 11.1 Å². The summed E-state index contributed by atoms with van der Waals surface area (Å²) in [6.45, 7) is 2.70. The second kappa shape index (κ2) is 5.51. The second-order valence-electron chi connectivity index (χ2n) is 4.69. The van der Waals surface area contributed by atoms with E-state index in [1.807, 2.05) is 30.8 Å². The van der Waals surface area contributed by atoms with E-state index in [0.717, 1.165) is 29.1 Å². The predicted molar refractivity (Wildman–Crippen MR) is 78.2 cm³/mol. The van der Waals surface area contributed by atoms with Crippen molar-refractivity contribution in [3.8, 4) is 0 Å². The molecule has 0 radical (unpaired) electrons. The molecule has 3 N–H and O–H groups in total. The number of hydrogen-bond acceptors (Lipinski definition) is 3. The van der Waals surface area contributed by atoms with Gasteiger partial charge in [-0.3, -0.25) is 0 Å². The Morgan fingerprint density at radius 3 is 2.71 bits per heavy atom. The van der Waals surface area contributed by atoms with E-state index in [1.54, 1.807) is 0 Å². The van der Waals surface area contributed by atoms with Crippen LogP contribution in [-0.2, 0) is 0 Å². The molecule has 1 saturated heterocycles. The largest absolute Gasteiger partial charge is 0.378 e. The lowest BCUT2D eigenvalue weighted by atomic mass is 9.92. The highest BCUT2D eigenvalue weighted by molar-refractivity contribution is 7.99. The normalized spacial score (nSPS) is 19.0. The molecule has 1 aromatic carbocycles. The van der Waals surface area contributed by atoms with Gasteiger partial charge in [-0.1, -0.05) is 17.7 Å². The van der Waals surface area contributed by atoms with Crippen LogP contribution in [0.3, 0.4) is 0 Å². The van der Waals surface area contributed by atoms with Crippen LogP contribution in [0.5, 0.6) is 0 Å². The molecule has 4 heteroatoms. The molecule has 0 aromatic heterocycles. The van der Waals surface area contributed by atoms with Gasteiger partial charge in [0.25, 0.3) is 0 Å². The summed E-state index contributed by atoms with van der Waals surface area (Å²) in [6.07, 6.45) is 2.25. The number of benzene rings is 1. The highest BCUT2D eigenvalue weighted by atomic mass is 35.5. The summed E-state index contributed by atoms with van der Waals surface area (Å²) >= 11 is 8.15. The zero-order valence-corrected chi connectivity index (χ0v) is 11.7. The van der Waals surface area contributed by atoms with E-state index in [-0.39, 0.29) is 5.54 Å². The van der Waals surface area contributed by atoms with Crippen LogP contribution < -0.4 is 11.1 Å². The summed E-state index contributed by atoms with van der Waals surface area (Å²) in [6, 6.07) is 6.13. The number of aryl methyl sites for hydroxylation is 1. The minimum Gasteiger partial charge on any atom is -0.378 e. The minimum absolute atomic E-state index is 0.0594. The van der Waals surface area contributed by atoms with Gasteiger partial charge in [0.15, 0.2) is 0 Å². The second-order valence-corrected chi connectivity index (χ2v) is 6.32. The molecule has 1 aromatic rings. The number of hydrogen-bond donors (Lipinski definition) is 2. The highest BCUT2D eigenvalue weighted by Crippen LogP contribution is 2.31. The molecule has 2 rings (SSSR count).